The van der Waals surface area contributed by atoms with Gasteiger partial charge in [-0.1, -0.05) is 19.1 Å². The van der Waals surface area contributed by atoms with Crippen LogP contribution in [0.2, 0.25) is 0 Å². The van der Waals surface area contributed by atoms with Crippen LogP contribution in [0.15, 0.2) is 36.5 Å². The summed E-state index contributed by atoms with van der Waals surface area (Å²) in [6.07, 6.45) is 3.10. The molecule has 0 aliphatic heterocycles. The summed E-state index contributed by atoms with van der Waals surface area (Å²) < 4.78 is 7.20. The van der Waals surface area contributed by atoms with Crippen molar-refractivity contribution in [1.29, 1.82) is 0 Å². The minimum Gasteiger partial charge on any atom is -0.497 e. The predicted octanol–water partition coefficient (Wildman–Crippen LogP) is 3.47. The average Bonchev–Trinajstić information content (AvgIpc) is 2.93. The van der Waals surface area contributed by atoms with Crippen LogP contribution in [-0.2, 0) is 6.54 Å². The van der Waals surface area contributed by atoms with Gasteiger partial charge in [-0.25, -0.2) is 0 Å². The molecule has 19 heavy (non-hydrogen) atoms. The van der Waals surface area contributed by atoms with Crippen molar-refractivity contribution in [2.24, 2.45) is 0 Å². The number of ether oxygens (including phenoxy) is 1. The van der Waals surface area contributed by atoms with Gasteiger partial charge in [0, 0.05) is 24.8 Å². The van der Waals surface area contributed by atoms with Crippen molar-refractivity contribution in [2.75, 3.05) is 12.4 Å². The number of rotatable bonds is 6. The molecule has 0 amide bonds. The summed E-state index contributed by atoms with van der Waals surface area (Å²) in [6.45, 7) is 5.07. The maximum absolute atomic E-state index is 5.21. The highest BCUT2D eigenvalue weighted by molar-refractivity contribution is 5.36. The van der Waals surface area contributed by atoms with Crippen LogP contribution in [0.5, 0.6) is 5.75 Å². The van der Waals surface area contributed by atoms with E-state index >= 15 is 0 Å². The Bertz CT molecular complexity index is 522. The fraction of sp³-hybridized carbons (Fsp3) is 0.400. The summed E-state index contributed by atoms with van der Waals surface area (Å²) in [5.41, 5.74) is 1.18. The summed E-state index contributed by atoms with van der Waals surface area (Å²) in [5.74, 6) is 1.78. The van der Waals surface area contributed by atoms with Crippen LogP contribution in [0.4, 0.5) is 5.82 Å². The van der Waals surface area contributed by atoms with Crippen molar-refractivity contribution in [3.8, 4) is 5.75 Å². The van der Waals surface area contributed by atoms with Crippen molar-refractivity contribution >= 4 is 5.82 Å². The van der Waals surface area contributed by atoms with Gasteiger partial charge in [0.25, 0.3) is 0 Å². The van der Waals surface area contributed by atoms with E-state index in [-0.39, 0.29) is 0 Å². The number of anilines is 1. The molecule has 102 valence electrons. The lowest BCUT2D eigenvalue weighted by Crippen LogP contribution is -2.06. The standard InChI is InChI=1S/C15H21N3O/c1-4-12(2)18-9-8-15(17-18)16-11-13-6-5-7-14(10-13)19-3/h5-10,12H,4,11H2,1-3H3,(H,16,17)/t12-/m0/s1. The summed E-state index contributed by atoms with van der Waals surface area (Å²) in [7, 11) is 1.68. The lowest BCUT2D eigenvalue weighted by Gasteiger charge is -2.09. The molecule has 1 aromatic heterocycles. The molecule has 2 rings (SSSR count). The van der Waals surface area contributed by atoms with E-state index in [2.05, 4.69) is 30.3 Å². The second kappa shape index (κ2) is 6.27. The van der Waals surface area contributed by atoms with Gasteiger partial charge in [0.1, 0.15) is 11.6 Å². The molecule has 1 atom stereocenters. The minimum absolute atomic E-state index is 0.437. The molecule has 0 unspecified atom stereocenters. The molecular formula is C15H21N3O. The van der Waals surface area contributed by atoms with Gasteiger partial charge in [-0.15, -0.1) is 0 Å². The van der Waals surface area contributed by atoms with E-state index in [0.717, 1.165) is 24.5 Å². The van der Waals surface area contributed by atoms with Gasteiger partial charge in [0.05, 0.1) is 7.11 Å². The number of hydrogen-bond donors (Lipinski definition) is 1. The average molecular weight is 259 g/mol. The van der Waals surface area contributed by atoms with Gasteiger partial charge < -0.3 is 10.1 Å². The number of hydrogen-bond acceptors (Lipinski definition) is 3. The van der Waals surface area contributed by atoms with Crippen LogP contribution >= 0.6 is 0 Å². The maximum atomic E-state index is 5.21. The minimum atomic E-state index is 0.437. The topological polar surface area (TPSA) is 39.1 Å². The molecule has 0 bridgehead atoms. The van der Waals surface area contributed by atoms with E-state index in [0.29, 0.717) is 6.04 Å². The maximum Gasteiger partial charge on any atom is 0.148 e. The molecule has 0 radical (unpaired) electrons. The smallest absolute Gasteiger partial charge is 0.148 e. The summed E-state index contributed by atoms with van der Waals surface area (Å²) >= 11 is 0. The number of nitrogens with zero attached hydrogens (tertiary/aromatic N) is 2. The first-order valence-corrected chi connectivity index (χ1v) is 6.65. The number of nitrogens with one attached hydrogen (secondary N) is 1. The first-order valence-electron chi connectivity index (χ1n) is 6.65. The molecular weight excluding hydrogens is 238 g/mol. The number of benzene rings is 1. The monoisotopic (exact) mass is 259 g/mol. The van der Waals surface area contributed by atoms with Crippen LogP contribution in [0, 0.1) is 0 Å². The van der Waals surface area contributed by atoms with Crippen LogP contribution in [0.25, 0.3) is 0 Å². The quantitative estimate of drug-likeness (QED) is 0.863. The fourth-order valence-electron chi connectivity index (χ4n) is 1.84. The Morgan fingerprint density at radius 3 is 2.95 bits per heavy atom. The van der Waals surface area contributed by atoms with E-state index < -0.39 is 0 Å². The van der Waals surface area contributed by atoms with Crippen molar-refractivity contribution in [3.05, 3.63) is 42.1 Å². The first-order chi connectivity index (χ1) is 9.22. The van der Waals surface area contributed by atoms with Gasteiger partial charge in [0.15, 0.2) is 0 Å². The van der Waals surface area contributed by atoms with Crippen LogP contribution in [0.1, 0.15) is 31.9 Å². The Morgan fingerprint density at radius 2 is 2.21 bits per heavy atom. The highest BCUT2D eigenvalue weighted by Crippen LogP contribution is 2.15. The molecule has 0 aliphatic carbocycles. The second-order valence-corrected chi connectivity index (χ2v) is 4.64. The van der Waals surface area contributed by atoms with Crippen molar-refractivity contribution in [3.63, 3.8) is 0 Å². The molecule has 4 heteroatoms. The normalized spacial score (nSPS) is 12.2. The van der Waals surface area contributed by atoms with E-state index in [1.54, 1.807) is 7.11 Å². The highest BCUT2D eigenvalue weighted by atomic mass is 16.5. The lowest BCUT2D eigenvalue weighted by molar-refractivity contribution is 0.414. The Labute approximate surface area is 114 Å². The van der Waals surface area contributed by atoms with Crippen LogP contribution in [0.3, 0.4) is 0 Å². The van der Waals surface area contributed by atoms with E-state index in [1.165, 1.54) is 5.56 Å². The largest absolute Gasteiger partial charge is 0.497 e. The third kappa shape index (κ3) is 3.50. The molecule has 0 spiro atoms. The third-order valence-electron chi connectivity index (χ3n) is 3.26. The van der Waals surface area contributed by atoms with Gasteiger partial charge in [-0.05, 0) is 31.0 Å². The fourth-order valence-corrected chi connectivity index (χ4v) is 1.84. The summed E-state index contributed by atoms with van der Waals surface area (Å²) in [5, 5.41) is 7.84. The third-order valence-corrected chi connectivity index (χ3v) is 3.26. The van der Waals surface area contributed by atoms with Gasteiger partial charge in [-0.3, -0.25) is 4.68 Å². The predicted molar refractivity (Wildman–Crippen MR) is 77.5 cm³/mol. The van der Waals surface area contributed by atoms with E-state index in [9.17, 15) is 0 Å². The van der Waals surface area contributed by atoms with Crippen molar-refractivity contribution in [2.45, 2.75) is 32.9 Å². The lowest BCUT2D eigenvalue weighted by atomic mass is 10.2. The van der Waals surface area contributed by atoms with Crippen LogP contribution < -0.4 is 10.1 Å². The number of methoxy groups -OCH3 is 1. The molecule has 0 saturated heterocycles. The molecule has 1 aromatic carbocycles. The van der Waals surface area contributed by atoms with Crippen molar-refractivity contribution < 1.29 is 4.74 Å². The SMILES string of the molecule is CC[C@H](C)n1ccc(NCc2cccc(OC)c2)n1. The van der Waals surface area contributed by atoms with Gasteiger partial charge in [0.2, 0.25) is 0 Å². The molecule has 4 nitrogen and oxygen atoms in total. The Hall–Kier alpha value is -1.97. The second-order valence-electron chi connectivity index (χ2n) is 4.64. The van der Waals surface area contributed by atoms with Crippen molar-refractivity contribution in [1.82, 2.24) is 9.78 Å². The highest BCUT2D eigenvalue weighted by Gasteiger charge is 2.04. The Balaban J connectivity index is 1.96. The number of aromatic nitrogens is 2. The van der Waals surface area contributed by atoms with Crippen LogP contribution in [-0.4, -0.2) is 16.9 Å². The molecule has 2 aromatic rings. The van der Waals surface area contributed by atoms with Gasteiger partial charge >= 0.3 is 0 Å². The Morgan fingerprint density at radius 1 is 1.37 bits per heavy atom. The zero-order chi connectivity index (χ0) is 13.7. The molecule has 0 saturated carbocycles. The molecule has 0 aliphatic rings. The van der Waals surface area contributed by atoms with E-state index in [1.807, 2.05) is 35.1 Å². The summed E-state index contributed by atoms with van der Waals surface area (Å²) in [4.78, 5) is 0. The molecule has 0 fully saturated rings. The van der Waals surface area contributed by atoms with Gasteiger partial charge in [-0.2, -0.15) is 5.10 Å². The molecule has 1 N–H and O–H groups in total. The zero-order valence-electron chi connectivity index (χ0n) is 11.8. The summed E-state index contributed by atoms with van der Waals surface area (Å²) in [6, 6.07) is 10.5. The first kappa shape index (κ1) is 13.5. The zero-order valence-corrected chi connectivity index (χ0v) is 11.8. The van der Waals surface area contributed by atoms with E-state index in [4.69, 9.17) is 4.74 Å². The Kier molecular flexibility index (Phi) is 4.44. The molecule has 1 heterocycles.